The smallest absolute Gasteiger partial charge is 0.371 e. The van der Waals surface area contributed by atoms with Crippen LogP contribution in [0.3, 0.4) is 0 Å². The predicted molar refractivity (Wildman–Crippen MR) is 141 cm³/mol. The topological polar surface area (TPSA) is 51.5 Å². The molecule has 40 heavy (non-hydrogen) atoms. The molecule has 220 valence electrons. The van der Waals surface area contributed by atoms with E-state index in [0.717, 1.165) is 57.0 Å². The first kappa shape index (κ1) is 28.9. The van der Waals surface area contributed by atoms with Crippen molar-refractivity contribution in [2.45, 2.75) is 56.9 Å². The number of fused-ring (bicyclic) bond motifs is 1. The first-order valence-corrected chi connectivity index (χ1v) is 14.0. The van der Waals surface area contributed by atoms with Gasteiger partial charge in [0.25, 0.3) is 0 Å². The van der Waals surface area contributed by atoms with Crippen LogP contribution in [0.2, 0.25) is 0 Å². The number of amides is 1. The predicted octanol–water partition coefficient (Wildman–Crippen LogP) is 5.08. The van der Waals surface area contributed by atoms with Crippen LogP contribution in [-0.2, 0) is 11.0 Å². The van der Waals surface area contributed by atoms with Crippen molar-refractivity contribution in [3.05, 3.63) is 29.8 Å². The van der Waals surface area contributed by atoms with Gasteiger partial charge in [-0.1, -0.05) is 0 Å². The van der Waals surface area contributed by atoms with Crippen molar-refractivity contribution in [2.24, 2.45) is 21.8 Å². The van der Waals surface area contributed by atoms with E-state index in [4.69, 9.17) is 0 Å². The van der Waals surface area contributed by atoms with Crippen LogP contribution in [0, 0.1) is 11.8 Å². The summed E-state index contributed by atoms with van der Waals surface area (Å²) in [6.07, 6.45) is -5.93. The SMILES string of the molecule is O=C(CCCN1CC2CN(c3ccc(C(F)(F)F)cc3)CC2C1)N1CCC(N=C2CCN=C(C(F)(F)F)C2)CC1. The minimum Gasteiger partial charge on any atom is -0.371 e. The monoisotopic (exact) mass is 571 g/mol. The number of carbonyl (C=O) groups is 1. The van der Waals surface area contributed by atoms with Crippen molar-refractivity contribution < 1.29 is 31.1 Å². The Morgan fingerprint density at radius 1 is 0.925 bits per heavy atom. The zero-order valence-electron chi connectivity index (χ0n) is 22.4. The number of halogens is 6. The Balaban J connectivity index is 0.992. The molecule has 2 atom stereocenters. The third-order valence-electron chi connectivity index (χ3n) is 8.57. The quantitative estimate of drug-likeness (QED) is 0.448. The van der Waals surface area contributed by atoms with E-state index in [1.165, 1.54) is 0 Å². The summed E-state index contributed by atoms with van der Waals surface area (Å²) in [5.74, 6) is 1.06. The Labute approximate surface area is 230 Å². The molecular weight excluding hydrogens is 536 g/mol. The van der Waals surface area contributed by atoms with Gasteiger partial charge in [-0.25, -0.2) is 0 Å². The van der Waals surface area contributed by atoms with Gasteiger partial charge >= 0.3 is 12.4 Å². The molecule has 1 aromatic rings. The molecular formula is C28H35F6N5O. The Kier molecular flexibility index (Phi) is 8.45. The van der Waals surface area contributed by atoms with Gasteiger partial charge in [-0.2, -0.15) is 26.3 Å². The summed E-state index contributed by atoms with van der Waals surface area (Å²) in [7, 11) is 0. The van der Waals surface area contributed by atoms with Crippen LogP contribution >= 0.6 is 0 Å². The fourth-order valence-corrected chi connectivity index (χ4v) is 6.42. The third-order valence-corrected chi connectivity index (χ3v) is 8.57. The number of aliphatic imine (C=N–C) groups is 2. The average molecular weight is 572 g/mol. The van der Waals surface area contributed by atoms with E-state index < -0.39 is 23.6 Å². The maximum Gasteiger partial charge on any atom is 0.429 e. The second-order valence-electron chi connectivity index (χ2n) is 11.4. The Morgan fingerprint density at radius 2 is 1.57 bits per heavy atom. The summed E-state index contributed by atoms with van der Waals surface area (Å²) in [6, 6.07) is 5.34. The summed E-state index contributed by atoms with van der Waals surface area (Å²) in [5.41, 5.74) is 0.00843. The molecule has 3 saturated heterocycles. The standard InChI is InChI=1S/C28H35F6N5O/c29-27(30,31)21-3-5-24(6-4-21)39-17-19-15-37(16-20(19)18-39)11-1-2-26(40)38-12-8-22(9-13-38)36-23-7-10-35-25(14-23)28(32,33)34/h3-6,19-20,22H,1-2,7-18H2. The molecule has 0 aliphatic carbocycles. The average Bonchev–Trinajstić information content (AvgIpc) is 3.47. The van der Waals surface area contributed by atoms with Crippen molar-refractivity contribution >= 4 is 23.0 Å². The van der Waals surface area contributed by atoms with Crippen LogP contribution in [0.4, 0.5) is 32.0 Å². The molecule has 0 radical (unpaired) electrons. The minimum atomic E-state index is -4.40. The summed E-state index contributed by atoms with van der Waals surface area (Å²) < 4.78 is 77.4. The molecule has 4 aliphatic rings. The first-order valence-electron chi connectivity index (χ1n) is 14.0. The zero-order chi connectivity index (χ0) is 28.5. The van der Waals surface area contributed by atoms with Gasteiger partial charge in [0.05, 0.1) is 11.6 Å². The highest BCUT2D eigenvalue weighted by Gasteiger charge is 2.40. The van der Waals surface area contributed by atoms with Gasteiger partial charge in [0.15, 0.2) is 0 Å². The molecule has 12 heteroatoms. The number of benzene rings is 1. The number of hydrogen-bond acceptors (Lipinski definition) is 5. The Hall–Kier alpha value is -2.63. The molecule has 0 bridgehead atoms. The van der Waals surface area contributed by atoms with Crippen LogP contribution in [0.15, 0.2) is 34.3 Å². The number of hydrogen-bond donors (Lipinski definition) is 0. The Bertz CT molecular complexity index is 1090. The fraction of sp³-hybridized carbons (Fsp3) is 0.679. The lowest BCUT2D eigenvalue weighted by atomic mass is 10.0. The lowest BCUT2D eigenvalue weighted by molar-refractivity contribution is -0.137. The van der Waals surface area contributed by atoms with Gasteiger partial charge in [-0.05, 0) is 61.9 Å². The van der Waals surface area contributed by atoms with Crippen molar-refractivity contribution in [3.63, 3.8) is 0 Å². The lowest BCUT2D eigenvalue weighted by Crippen LogP contribution is -2.40. The van der Waals surface area contributed by atoms with Crippen molar-refractivity contribution in [2.75, 3.05) is 57.3 Å². The molecule has 0 spiro atoms. The fourth-order valence-electron chi connectivity index (χ4n) is 6.42. The highest BCUT2D eigenvalue weighted by Crippen LogP contribution is 2.36. The van der Waals surface area contributed by atoms with Gasteiger partial charge in [-0.3, -0.25) is 14.8 Å². The molecule has 6 nitrogen and oxygen atoms in total. The molecule has 4 heterocycles. The molecule has 4 aliphatic heterocycles. The van der Waals surface area contributed by atoms with E-state index in [1.54, 1.807) is 12.1 Å². The van der Waals surface area contributed by atoms with Crippen LogP contribution < -0.4 is 4.90 Å². The zero-order valence-corrected chi connectivity index (χ0v) is 22.4. The summed E-state index contributed by atoms with van der Waals surface area (Å²) in [5, 5.41) is 0. The van der Waals surface area contributed by atoms with E-state index in [-0.39, 0.29) is 24.9 Å². The molecule has 1 aromatic carbocycles. The summed E-state index contributed by atoms with van der Waals surface area (Å²) in [6.45, 7) is 5.64. The van der Waals surface area contributed by atoms with Gasteiger partial charge in [-0.15, -0.1) is 0 Å². The maximum atomic E-state index is 13.0. The van der Waals surface area contributed by atoms with Crippen LogP contribution in [0.1, 0.15) is 44.1 Å². The van der Waals surface area contributed by atoms with Gasteiger partial charge in [0.1, 0.15) is 5.71 Å². The van der Waals surface area contributed by atoms with Crippen LogP contribution in [0.5, 0.6) is 0 Å². The number of carbonyl (C=O) groups excluding carboxylic acids is 1. The highest BCUT2D eigenvalue weighted by atomic mass is 19.4. The second kappa shape index (κ2) is 11.7. The van der Waals surface area contributed by atoms with Crippen molar-refractivity contribution in [3.8, 4) is 0 Å². The molecule has 1 amide bonds. The van der Waals surface area contributed by atoms with Gasteiger partial charge < -0.3 is 14.7 Å². The maximum absolute atomic E-state index is 13.0. The van der Waals surface area contributed by atoms with Crippen LogP contribution in [-0.4, -0.2) is 91.7 Å². The van der Waals surface area contributed by atoms with E-state index in [9.17, 15) is 31.1 Å². The van der Waals surface area contributed by atoms with Crippen molar-refractivity contribution in [1.82, 2.24) is 9.80 Å². The van der Waals surface area contributed by atoms with E-state index in [2.05, 4.69) is 19.8 Å². The van der Waals surface area contributed by atoms with Gasteiger partial charge in [0.2, 0.25) is 5.91 Å². The largest absolute Gasteiger partial charge is 0.429 e. The second-order valence-corrected chi connectivity index (χ2v) is 11.4. The number of anilines is 1. The minimum absolute atomic E-state index is 0.0437. The lowest BCUT2D eigenvalue weighted by Gasteiger charge is -2.31. The third kappa shape index (κ3) is 6.98. The van der Waals surface area contributed by atoms with E-state index in [0.29, 0.717) is 56.3 Å². The number of rotatable bonds is 6. The molecule has 3 fully saturated rings. The Morgan fingerprint density at radius 3 is 2.17 bits per heavy atom. The van der Waals surface area contributed by atoms with Crippen LogP contribution in [0.25, 0.3) is 0 Å². The van der Waals surface area contributed by atoms with E-state index in [1.807, 2.05) is 4.90 Å². The van der Waals surface area contributed by atoms with E-state index >= 15 is 0 Å². The number of nitrogens with zero attached hydrogens (tertiary/aromatic N) is 5. The molecule has 2 unspecified atom stereocenters. The van der Waals surface area contributed by atoms with Crippen molar-refractivity contribution in [1.29, 1.82) is 0 Å². The number of alkyl halides is 6. The number of piperidine rings is 1. The molecule has 0 aromatic heterocycles. The number of likely N-dealkylation sites (tertiary alicyclic amines) is 2. The highest BCUT2D eigenvalue weighted by molar-refractivity contribution is 6.08. The molecule has 0 N–H and O–H groups in total. The molecule has 0 saturated carbocycles. The molecule has 5 rings (SSSR count). The normalized spacial score (nSPS) is 25.9. The van der Waals surface area contributed by atoms with Gasteiger partial charge in [0, 0.05) is 76.5 Å². The summed E-state index contributed by atoms with van der Waals surface area (Å²) in [4.78, 5) is 27.3. The summed E-state index contributed by atoms with van der Waals surface area (Å²) >= 11 is 0. The first-order chi connectivity index (χ1) is 19.0.